The second-order valence-corrected chi connectivity index (χ2v) is 5.37. The van der Waals surface area contributed by atoms with Gasteiger partial charge in [-0.1, -0.05) is 17.7 Å². The van der Waals surface area contributed by atoms with Crippen molar-refractivity contribution in [3.63, 3.8) is 0 Å². The Morgan fingerprint density at radius 2 is 1.90 bits per heavy atom. The van der Waals surface area contributed by atoms with Gasteiger partial charge in [0.1, 0.15) is 5.75 Å². The molecular formula is C17H17ClN2O. The highest BCUT2D eigenvalue weighted by atomic mass is 35.5. The normalized spacial score (nSPS) is 10.2. The molecule has 108 valence electrons. The van der Waals surface area contributed by atoms with Crippen molar-refractivity contribution in [2.24, 2.45) is 0 Å². The molecule has 0 aromatic heterocycles. The number of hydrogen-bond donors (Lipinski definition) is 1. The van der Waals surface area contributed by atoms with Crippen LogP contribution < -0.4 is 10.1 Å². The van der Waals surface area contributed by atoms with Crippen LogP contribution in [-0.2, 0) is 6.54 Å². The van der Waals surface area contributed by atoms with Gasteiger partial charge in [0.25, 0.3) is 0 Å². The van der Waals surface area contributed by atoms with Crippen LogP contribution in [-0.4, -0.2) is 6.10 Å². The van der Waals surface area contributed by atoms with Crippen LogP contribution in [0, 0.1) is 11.3 Å². The Bertz CT molecular complexity index is 645. The molecule has 0 fully saturated rings. The van der Waals surface area contributed by atoms with Crippen LogP contribution in [0.15, 0.2) is 42.5 Å². The van der Waals surface area contributed by atoms with E-state index in [0.717, 1.165) is 17.0 Å². The van der Waals surface area contributed by atoms with E-state index in [1.54, 1.807) is 12.1 Å². The van der Waals surface area contributed by atoms with Crippen molar-refractivity contribution >= 4 is 17.3 Å². The molecule has 0 bridgehead atoms. The summed E-state index contributed by atoms with van der Waals surface area (Å²) in [6.45, 7) is 4.60. The van der Waals surface area contributed by atoms with Crippen LogP contribution >= 0.6 is 11.6 Å². The summed E-state index contributed by atoms with van der Waals surface area (Å²) in [5, 5.41) is 12.7. The molecule has 2 rings (SSSR count). The monoisotopic (exact) mass is 300 g/mol. The highest BCUT2D eigenvalue weighted by Gasteiger charge is 2.03. The van der Waals surface area contributed by atoms with Gasteiger partial charge >= 0.3 is 0 Å². The quantitative estimate of drug-likeness (QED) is 0.877. The number of anilines is 1. The summed E-state index contributed by atoms with van der Waals surface area (Å²) in [5.41, 5.74) is 2.52. The number of benzene rings is 2. The third-order valence-corrected chi connectivity index (χ3v) is 3.24. The van der Waals surface area contributed by atoms with E-state index in [1.165, 1.54) is 0 Å². The van der Waals surface area contributed by atoms with E-state index >= 15 is 0 Å². The molecule has 0 saturated heterocycles. The molecule has 21 heavy (non-hydrogen) atoms. The van der Waals surface area contributed by atoms with Crippen LogP contribution in [0.2, 0.25) is 5.02 Å². The van der Waals surface area contributed by atoms with Crippen LogP contribution in [0.25, 0.3) is 0 Å². The first kappa shape index (κ1) is 15.2. The van der Waals surface area contributed by atoms with Gasteiger partial charge in [-0.25, -0.2) is 0 Å². The molecule has 2 aromatic carbocycles. The van der Waals surface area contributed by atoms with Gasteiger partial charge in [-0.15, -0.1) is 0 Å². The first-order chi connectivity index (χ1) is 10.1. The van der Waals surface area contributed by atoms with E-state index in [9.17, 15) is 0 Å². The second kappa shape index (κ2) is 7.01. The minimum absolute atomic E-state index is 0.168. The molecule has 0 heterocycles. The summed E-state index contributed by atoms with van der Waals surface area (Å²) >= 11 is 6.15. The van der Waals surface area contributed by atoms with Gasteiger partial charge < -0.3 is 10.1 Å². The van der Waals surface area contributed by atoms with Crippen LogP contribution in [0.1, 0.15) is 25.0 Å². The molecule has 0 amide bonds. The lowest BCUT2D eigenvalue weighted by molar-refractivity contribution is 0.242. The lowest BCUT2D eigenvalue weighted by Gasteiger charge is -2.11. The predicted octanol–water partition coefficient (Wildman–Crippen LogP) is 4.61. The maximum atomic E-state index is 8.81. The van der Waals surface area contributed by atoms with Crippen molar-refractivity contribution in [3.8, 4) is 11.8 Å². The summed E-state index contributed by atoms with van der Waals surface area (Å²) in [6.07, 6.45) is 0.168. The summed E-state index contributed by atoms with van der Waals surface area (Å²) in [5.74, 6) is 0.854. The number of nitriles is 1. The minimum atomic E-state index is 0.168. The van der Waals surface area contributed by atoms with Crippen LogP contribution in [0.4, 0.5) is 5.69 Å². The topological polar surface area (TPSA) is 45.0 Å². The summed E-state index contributed by atoms with van der Waals surface area (Å²) in [6, 6.07) is 15.2. The Labute approximate surface area is 130 Å². The lowest BCUT2D eigenvalue weighted by atomic mass is 10.1. The van der Waals surface area contributed by atoms with Crippen molar-refractivity contribution in [1.82, 2.24) is 0 Å². The van der Waals surface area contributed by atoms with E-state index < -0.39 is 0 Å². The van der Waals surface area contributed by atoms with Gasteiger partial charge in [-0.3, -0.25) is 0 Å². The lowest BCUT2D eigenvalue weighted by Crippen LogP contribution is -2.05. The average molecular weight is 301 g/mol. The molecule has 3 nitrogen and oxygen atoms in total. The number of nitrogens with one attached hydrogen (secondary N) is 1. The zero-order valence-electron chi connectivity index (χ0n) is 12.1. The average Bonchev–Trinajstić information content (AvgIpc) is 2.47. The number of halogens is 1. The summed E-state index contributed by atoms with van der Waals surface area (Å²) in [7, 11) is 0. The highest BCUT2D eigenvalue weighted by Crippen LogP contribution is 2.21. The van der Waals surface area contributed by atoms with E-state index in [4.69, 9.17) is 21.6 Å². The van der Waals surface area contributed by atoms with Gasteiger partial charge in [-0.2, -0.15) is 5.26 Å². The first-order valence-electron chi connectivity index (χ1n) is 6.77. The van der Waals surface area contributed by atoms with Gasteiger partial charge in [0.15, 0.2) is 0 Å². The third-order valence-electron chi connectivity index (χ3n) is 2.89. The smallest absolute Gasteiger partial charge is 0.119 e. The largest absolute Gasteiger partial charge is 0.491 e. The van der Waals surface area contributed by atoms with Crippen molar-refractivity contribution in [2.45, 2.75) is 26.5 Å². The van der Waals surface area contributed by atoms with Gasteiger partial charge in [-0.05, 0) is 55.8 Å². The zero-order valence-corrected chi connectivity index (χ0v) is 12.8. The number of nitrogens with zero attached hydrogens (tertiary/aromatic N) is 1. The van der Waals surface area contributed by atoms with E-state index in [-0.39, 0.29) is 6.10 Å². The van der Waals surface area contributed by atoms with Crippen molar-refractivity contribution in [1.29, 1.82) is 5.26 Å². The number of rotatable bonds is 5. The number of hydrogen-bond acceptors (Lipinski definition) is 3. The fourth-order valence-corrected chi connectivity index (χ4v) is 2.13. The SMILES string of the molecule is CC(C)Oc1ccc(NCc2ccc(C#N)cc2Cl)cc1. The Morgan fingerprint density at radius 3 is 2.48 bits per heavy atom. The van der Waals surface area contributed by atoms with Crippen LogP contribution in [0.3, 0.4) is 0 Å². The van der Waals surface area contributed by atoms with Gasteiger partial charge in [0, 0.05) is 17.3 Å². The summed E-state index contributed by atoms with van der Waals surface area (Å²) in [4.78, 5) is 0. The second-order valence-electron chi connectivity index (χ2n) is 4.96. The highest BCUT2D eigenvalue weighted by molar-refractivity contribution is 6.31. The molecule has 2 aromatic rings. The Kier molecular flexibility index (Phi) is 5.08. The molecule has 0 aliphatic rings. The fraction of sp³-hybridized carbons (Fsp3) is 0.235. The Balaban J connectivity index is 1.98. The fourth-order valence-electron chi connectivity index (χ4n) is 1.88. The van der Waals surface area contributed by atoms with E-state index in [1.807, 2.05) is 44.2 Å². The van der Waals surface area contributed by atoms with Gasteiger partial charge in [0.2, 0.25) is 0 Å². The van der Waals surface area contributed by atoms with Crippen molar-refractivity contribution in [3.05, 3.63) is 58.6 Å². The van der Waals surface area contributed by atoms with Crippen molar-refractivity contribution in [2.75, 3.05) is 5.32 Å². The molecular weight excluding hydrogens is 284 g/mol. The first-order valence-corrected chi connectivity index (χ1v) is 7.15. The van der Waals surface area contributed by atoms with Crippen molar-refractivity contribution < 1.29 is 4.74 Å². The molecule has 0 radical (unpaired) electrons. The molecule has 0 aliphatic heterocycles. The molecule has 0 spiro atoms. The standard InChI is InChI=1S/C17H17ClN2O/c1-12(2)21-16-7-5-15(6-8-16)20-11-14-4-3-13(10-19)9-17(14)18/h3-9,12,20H,11H2,1-2H3. The Morgan fingerprint density at radius 1 is 1.19 bits per heavy atom. The summed E-state index contributed by atoms with van der Waals surface area (Å²) < 4.78 is 5.60. The van der Waals surface area contributed by atoms with E-state index in [2.05, 4.69) is 11.4 Å². The van der Waals surface area contributed by atoms with E-state index in [0.29, 0.717) is 17.1 Å². The predicted molar refractivity (Wildman–Crippen MR) is 85.7 cm³/mol. The molecule has 0 aliphatic carbocycles. The zero-order chi connectivity index (χ0) is 15.2. The molecule has 4 heteroatoms. The minimum Gasteiger partial charge on any atom is -0.491 e. The molecule has 1 N–H and O–H groups in total. The van der Waals surface area contributed by atoms with Gasteiger partial charge in [0.05, 0.1) is 17.7 Å². The molecule has 0 saturated carbocycles. The number of ether oxygens (including phenoxy) is 1. The Hall–Kier alpha value is -2.18. The van der Waals surface area contributed by atoms with Crippen LogP contribution in [0.5, 0.6) is 5.75 Å². The third kappa shape index (κ3) is 4.40. The molecule has 0 unspecified atom stereocenters. The maximum absolute atomic E-state index is 8.81. The maximum Gasteiger partial charge on any atom is 0.119 e. The molecule has 0 atom stereocenters.